The maximum absolute atomic E-state index is 5.33. The van der Waals surface area contributed by atoms with Crippen LogP contribution in [0.15, 0.2) is 18.2 Å². The van der Waals surface area contributed by atoms with E-state index in [1.165, 1.54) is 0 Å². The molecule has 0 aliphatic heterocycles. The molecule has 98 valence electrons. The SMILES string of the molecule is CCn1c2ccc(OC)cc2c2nnc(NN)nc21. The molecule has 2 heterocycles. The Labute approximate surface area is 109 Å². The second-order valence-electron chi connectivity index (χ2n) is 4.08. The highest BCUT2D eigenvalue weighted by molar-refractivity contribution is 6.04. The number of nitrogens with two attached hydrogens (primary N) is 1. The van der Waals surface area contributed by atoms with Gasteiger partial charge in [-0.05, 0) is 25.1 Å². The van der Waals surface area contributed by atoms with Gasteiger partial charge in [-0.25, -0.2) is 5.84 Å². The van der Waals surface area contributed by atoms with Gasteiger partial charge in [0.1, 0.15) is 11.3 Å². The lowest BCUT2D eigenvalue weighted by Crippen LogP contribution is -2.11. The second-order valence-corrected chi connectivity index (χ2v) is 4.08. The molecular weight excluding hydrogens is 244 g/mol. The molecule has 3 rings (SSSR count). The van der Waals surface area contributed by atoms with Gasteiger partial charge in [0.05, 0.1) is 12.6 Å². The summed E-state index contributed by atoms with van der Waals surface area (Å²) in [6.45, 7) is 2.84. The summed E-state index contributed by atoms with van der Waals surface area (Å²) < 4.78 is 7.32. The molecule has 7 nitrogen and oxygen atoms in total. The summed E-state index contributed by atoms with van der Waals surface area (Å²) in [6.07, 6.45) is 0. The van der Waals surface area contributed by atoms with E-state index in [2.05, 4.69) is 32.1 Å². The number of hydrazine groups is 1. The van der Waals surface area contributed by atoms with Gasteiger partial charge in [0.2, 0.25) is 0 Å². The maximum atomic E-state index is 5.33. The first-order valence-electron chi connectivity index (χ1n) is 5.95. The predicted octanol–water partition coefficient (Wildman–Crippen LogP) is 1.29. The molecule has 3 N–H and O–H groups in total. The molecule has 0 bridgehead atoms. The average Bonchev–Trinajstić information content (AvgIpc) is 2.78. The molecule has 19 heavy (non-hydrogen) atoms. The fourth-order valence-electron chi connectivity index (χ4n) is 2.24. The summed E-state index contributed by atoms with van der Waals surface area (Å²) >= 11 is 0. The van der Waals surface area contributed by atoms with Gasteiger partial charge in [0.15, 0.2) is 5.65 Å². The zero-order valence-electron chi connectivity index (χ0n) is 10.7. The van der Waals surface area contributed by atoms with Crippen LogP contribution in [0.25, 0.3) is 22.1 Å². The van der Waals surface area contributed by atoms with Crippen molar-refractivity contribution in [2.75, 3.05) is 12.5 Å². The third-order valence-electron chi connectivity index (χ3n) is 3.12. The fourth-order valence-corrected chi connectivity index (χ4v) is 2.24. The largest absolute Gasteiger partial charge is 0.497 e. The van der Waals surface area contributed by atoms with E-state index in [1.807, 2.05) is 18.2 Å². The van der Waals surface area contributed by atoms with Crippen LogP contribution < -0.4 is 16.0 Å². The van der Waals surface area contributed by atoms with Gasteiger partial charge < -0.3 is 9.30 Å². The summed E-state index contributed by atoms with van der Waals surface area (Å²) in [5.74, 6) is 6.41. The Bertz CT molecular complexity index is 751. The van der Waals surface area contributed by atoms with E-state index in [1.54, 1.807) is 7.11 Å². The van der Waals surface area contributed by atoms with Crippen molar-refractivity contribution >= 4 is 28.0 Å². The molecule has 0 fully saturated rings. The van der Waals surface area contributed by atoms with Crippen LogP contribution in [0.4, 0.5) is 5.95 Å². The third-order valence-corrected chi connectivity index (χ3v) is 3.12. The van der Waals surface area contributed by atoms with E-state index in [0.29, 0.717) is 5.95 Å². The highest BCUT2D eigenvalue weighted by Gasteiger charge is 2.14. The minimum atomic E-state index is 0.303. The molecule has 0 aliphatic rings. The highest BCUT2D eigenvalue weighted by Crippen LogP contribution is 2.29. The number of aryl methyl sites for hydroxylation is 1. The summed E-state index contributed by atoms with van der Waals surface area (Å²) in [5, 5.41) is 9.09. The van der Waals surface area contributed by atoms with Crippen LogP contribution in [0.5, 0.6) is 5.75 Å². The van der Waals surface area contributed by atoms with Gasteiger partial charge in [0, 0.05) is 11.9 Å². The topological polar surface area (TPSA) is 90.9 Å². The van der Waals surface area contributed by atoms with Gasteiger partial charge in [-0.1, -0.05) is 0 Å². The number of benzene rings is 1. The Balaban J connectivity index is 2.42. The monoisotopic (exact) mass is 258 g/mol. The first kappa shape index (κ1) is 11.7. The van der Waals surface area contributed by atoms with Crippen LogP contribution in [0.1, 0.15) is 6.92 Å². The summed E-state index contributed by atoms with van der Waals surface area (Å²) in [4.78, 5) is 4.37. The van der Waals surface area contributed by atoms with Crippen molar-refractivity contribution in [2.24, 2.45) is 5.84 Å². The van der Waals surface area contributed by atoms with Crippen LogP contribution in [-0.4, -0.2) is 26.9 Å². The van der Waals surface area contributed by atoms with Gasteiger partial charge >= 0.3 is 0 Å². The Kier molecular flexibility index (Phi) is 2.68. The number of hydrogen-bond acceptors (Lipinski definition) is 6. The number of hydrogen-bond donors (Lipinski definition) is 2. The number of ether oxygens (including phenoxy) is 1. The lowest BCUT2D eigenvalue weighted by Gasteiger charge is -2.03. The van der Waals surface area contributed by atoms with Crippen molar-refractivity contribution in [2.45, 2.75) is 13.5 Å². The third kappa shape index (κ3) is 1.66. The van der Waals surface area contributed by atoms with Crippen molar-refractivity contribution in [3.8, 4) is 5.75 Å². The van der Waals surface area contributed by atoms with Gasteiger partial charge in [-0.3, -0.25) is 5.43 Å². The number of aromatic nitrogens is 4. The summed E-state index contributed by atoms with van der Waals surface area (Å²) in [5.41, 5.74) is 4.97. The second kappa shape index (κ2) is 4.36. The molecule has 0 saturated carbocycles. The van der Waals surface area contributed by atoms with E-state index in [4.69, 9.17) is 10.6 Å². The minimum absolute atomic E-state index is 0.303. The molecule has 0 radical (unpaired) electrons. The minimum Gasteiger partial charge on any atom is -0.497 e. The van der Waals surface area contributed by atoms with Crippen molar-refractivity contribution < 1.29 is 4.74 Å². The molecule has 3 aromatic rings. The summed E-state index contributed by atoms with van der Waals surface area (Å²) in [6, 6.07) is 5.86. The van der Waals surface area contributed by atoms with Crippen LogP contribution in [0, 0.1) is 0 Å². The molecule has 0 aliphatic carbocycles. The van der Waals surface area contributed by atoms with Crippen LogP contribution >= 0.6 is 0 Å². The van der Waals surface area contributed by atoms with Gasteiger partial charge in [0.25, 0.3) is 5.95 Å². The number of nitrogens with zero attached hydrogens (tertiary/aromatic N) is 4. The van der Waals surface area contributed by atoms with E-state index in [9.17, 15) is 0 Å². The molecule has 7 heteroatoms. The Morgan fingerprint density at radius 2 is 2.21 bits per heavy atom. The number of rotatable bonds is 3. The Morgan fingerprint density at radius 3 is 2.89 bits per heavy atom. The average molecular weight is 258 g/mol. The van der Waals surface area contributed by atoms with Crippen molar-refractivity contribution in [3.05, 3.63) is 18.2 Å². The molecule has 0 amide bonds. The van der Waals surface area contributed by atoms with E-state index in [0.717, 1.165) is 34.4 Å². The molecule has 0 unspecified atom stereocenters. The van der Waals surface area contributed by atoms with Crippen molar-refractivity contribution in [3.63, 3.8) is 0 Å². The zero-order chi connectivity index (χ0) is 13.4. The number of fused-ring (bicyclic) bond motifs is 3. The van der Waals surface area contributed by atoms with Crippen molar-refractivity contribution in [1.29, 1.82) is 0 Å². The molecule has 0 saturated heterocycles. The number of nitrogen functional groups attached to an aromatic ring is 1. The van der Waals surface area contributed by atoms with E-state index >= 15 is 0 Å². The van der Waals surface area contributed by atoms with Crippen LogP contribution in [0.2, 0.25) is 0 Å². The first-order chi connectivity index (χ1) is 9.28. The zero-order valence-corrected chi connectivity index (χ0v) is 10.7. The molecule has 1 aromatic carbocycles. The van der Waals surface area contributed by atoms with Crippen LogP contribution in [0.3, 0.4) is 0 Å². The Hall–Kier alpha value is -2.41. The smallest absolute Gasteiger partial charge is 0.258 e. The number of methoxy groups -OCH3 is 1. The summed E-state index contributed by atoms with van der Waals surface area (Å²) in [7, 11) is 1.64. The molecule has 0 spiro atoms. The standard InChI is InChI=1S/C12H14N6O/c1-3-18-9-5-4-7(19-2)6-8(9)10-11(18)14-12(15-13)17-16-10/h4-6H,3,13H2,1-2H3,(H,14,15,17). The van der Waals surface area contributed by atoms with Crippen LogP contribution in [-0.2, 0) is 6.54 Å². The normalized spacial score (nSPS) is 11.1. The highest BCUT2D eigenvalue weighted by atomic mass is 16.5. The van der Waals surface area contributed by atoms with Gasteiger partial charge in [-0.15, -0.1) is 10.2 Å². The molecule has 0 atom stereocenters. The predicted molar refractivity (Wildman–Crippen MR) is 72.9 cm³/mol. The number of nitrogens with one attached hydrogen (secondary N) is 1. The van der Waals surface area contributed by atoms with Crippen molar-refractivity contribution in [1.82, 2.24) is 19.7 Å². The lowest BCUT2D eigenvalue weighted by atomic mass is 10.2. The van der Waals surface area contributed by atoms with Gasteiger partial charge in [-0.2, -0.15) is 4.98 Å². The maximum Gasteiger partial charge on any atom is 0.258 e. The molecule has 2 aromatic heterocycles. The van der Waals surface area contributed by atoms with E-state index < -0.39 is 0 Å². The first-order valence-corrected chi connectivity index (χ1v) is 5.95. The Morgan fingerprint density at radius 1 is 1.37 bits per heavy atom. The quantitative estimate of drug-likeness (QED) is 0.543. The fraction of sp³-hybridized carbons (Fsp3) is 0.250. The van der Waals surface area contributed by atoms with E-state index in [-0.39, 0.29) is 0 Å². The lowest BCUT2D eigenvalue weighted by molar-refractivity contribution is 0.415. The number of anilines is 1. The molecular formula is C12H14N6O.